The number of ether oxygens (including phenoxy) is 1. The summed E-state index contributed by atoms with van der Waals surface area (Å²) in [5, 5.41) is 0. The fraction of sp³-hybridized carbons (Fsp3) is 0.207. The van der Waals surface area contributed by atoms with Gasteiger partial charge in [-0.1, -0.05) is 54.6 Å². The molecule has 0 spiro atoms. The van der Waals surface area contributed by atoms with Crippen LogP contribution >= 0.6 is 0 Å². The van der Waals surface area contributed by atoms with Gasteiger partial charge in [-0.3, -0.25) is 9.59 Å². The zero-order chi connectivity index (χ0) is 24.9. The van der Waals surface area contributed by atoms with Gasteiger partial charge in [0, 0.05) is 37.3 Å². The number of nitrogens with zero attached hydrogens (tertiary/aromatic N) is 3. The highest BCUT2D eigenvalue weighted by atomic mass is 16.5. The third-order valence-electron chi connectivity index (χ3n) is 6.36. The van der Waals surface area contributed by atoms with E-state index in [0.717, 1.165) is 5.56 Å². The standard InChI is InChI=1S/C29H27N3O4/c1-35-25-15-8-7-14-24(25)29(34)32-17-9-16-31(18-19-32)28(33)23-13-6-5-12-22(23)27-30-20-26(36-27)21-10-3-2-4-11-21/h2-8,10-15,20H,9,16-19H2,1H3. The maximum atomic E-state index is 13.6. The van der Waals surface area contributed by atoms with Crippen LogP contribution in [0, 0.1) is 0 Å². The summed E-state index contributed by atoms with van der Waals surface area (Å²) in [7, 11) is 1.56. The SMILES string of the molecule is COc1ccccc1C(=O)N1CCCN(C(=O)c2ccccc2-c2ncc(-c3ccccc3)o2)CC1. The molecule has 0 unspecified atom stereocenters. The third kappa shape index (κ3) is 4.73. The van der Waals surface area contributed by atoms with E-state index in [2.05, 4.69) is 4.98 Å². The zero-order valence-corrected chi connectivity index (χ0v) is 20.1. The molecule has 0 atom stereocenters. The Morgan fingerprint density at radius 3 is 2.11 bits per heavy atom. The lowest BCUT2D eigenvalue weighted by Gasteiger charge is -2.23. The Hall–Kier alpha value is -4.39. The van der Waals surface area contributed by atoms with Crippen molar-refractivity contribution in [3.05, 3.63) is 96.2 Å². The van der Waals surface area contributed by atoms with E-state index >= 15 is 0 Å². The van der Waals surface area contributed by atoms with Gasteiger partial charge in [-0.05, 0) is 30.7 Å². The number of carbonyl (C=O) groups excluding carboxylic acids is 2. The third-order valence-corrected chi connectivity index (χ3v) is 6.36. The summed E-state index contributed by atoms with van der Waals surface area (Å²) in [4.78, 5) is 34.8. The van der Waals surface area contributed by atoms with Crippen molar-refractivity contribution in [2.24, 2.45) is 0 Å². The maximum absolute atomic E-state index is 13.6. The number of hydrogen-bond donors (Lipinski definition) is 0. The Bertz CT molecular complexity index is 1370. The van der Waals surface area contributed by atoms with Crippen molar-refractivity contribution in [1.29, 1.82) is 0 Å². The largest absolute Gasteiger partial charge is 0.496 e. The van der Waals surface area contributed by atoms with Crippen molar-refractivity contribution in [3.63, 3.8) is 0 Å². The highest BCUT2D eigenvalue weighted by Gasteiger charge is 2.27. The summed E-state index contributed by atoms with van der Waals surface area (Å²) in [6.07, 6.45) is 2.37. The molecule has 7 heteroatoms. The minimum absolute atomic E-state index is 0.0876. The van der Waals surface area contributed by atoms with Crippen LogP contribution in [-0.2, 0) is 0 Å². The molecule has 7 nitrogen and oxygen atoms in total. The van der Waals surface area contributed by atoms with Crippen LogP contribution in [0.5, 0.6) is 5.75 Å². The molecule has 182 valence electrons. The molecule has 0 N–H and O–H groups in total. The summed E-state index contributed by atoms with van der Waals surface area (Å²) in [6.45, 7) is 2.02. The molecule has 2 amide bonds. The normalized spacial score (nSPS) is 13.8. The van der Waals surface area contributed by atoms with E-state index in [0.29, 0.717) is 66.7 Å². The smallest absolute Gasteiger partial charge is 0.257 e. The number of rotatable bonds is 5. The van der Waals surface area contributed by atoms with E-state index in [1.165, 1.54) is 0 Å². The van der Waals surface area contributed by atoms with Gasteiger partial charge in [0.2, 0.25) is 5.89 Å². The molecule has 1 aromatic heterocycles. The second-order valence-electron chi connectivity index (χ2n) is 8.58. The van der Waals surface area contributed by atoms with Crippen LogP contribution in [0.25, 0.3) is 22.8 Å². The Morgan fingerprint density at radius 2 is 1.39 bits per heavy atom. The van der Waals surface area contributed by atoms with E-state index in [4.69, 9.17) is 9.15 Å². The molecule has 1 aliphatic rings. The van der Waals surface area contributed by atoms with Crippen LogP contribution < -0.4 is 4.74 Å². The average molecular weight is 482 g/mol. The molecule has 0 bridgehead atoms. The van der Waals surface area contributed by atoms with E-state index in [-0.39, 0.29) is 11.8 Å². The summed E-state index contributed by atoms with van der Waals surface area (Å²) >= 11 is 0. The van der Waals surface area contributed by atoms with Gasteiger partial charge in [0.15, 0.2) is 5.76 Å². The summed E-state index contributed by atoms with van der Waals surface area (Å²) in [5.41, 5.74) is 2.63. The number of para-hydroxylation sites is 1. The molecular weight excluding hydrogens is 454 g/mol. The zero-order valence-electron chi connectivity index (χ0n) is 20.1. The van der Waals surface area contributed by atoms with Crippen LogP contribution in [-0.4, -0.2) is 59.9 Å². The fourth-order valence-corrected chi connectivity index (χ4v) is 4.48. The van der Waals surface area contributed by atoms with Crippen LogP contribution in [0.1, 0.15) is 27.1 Å². The van der Waals surface area contributed by atoms with Crippen molar-refractivity contribution in [3.8, 4) is 28.5 Å². The molecule has 5 rings (SSSR count). The topological polar surface area (TPSA) is 75.9 Å². The summed E-state index contributed by atoms with van der Waals surface area (Å²) in [6, 6.07) is 24.3. The number of methoxy groups -OCH3 is 1. The Morgan fingerprint density at radius 1 is 0.778 bits per heavy atom. The predicted molar refractivity (Wildman–Crippen MR) is 137 cm³/mol. The first-order valence-corrected chi connectivity index (χ1v) is 12.0. The lowest BCUT2D eigenvalue weighted by Crippen LogP contribution is -2.37. The minimum Gasteiger partial charge on any atom is -0.496 e. The van der Waals surface area contributed by atoms with E-state index in [1.54, 1.807) is 41.3 Å². The number of hydrogen-bond acceptors (Lipinski definition) is 5. The number of carbonyl (C=O) groups is 2. The van der Waals surface area contributed by atoms with Gasteiger partial charge < -0.3 is 19.0 Å². The maximum Gasteiger partial charge on any atom is 0.257 e. The van der Waals surface area contributed by atoms with Crippen LogP contribution in [0.2, 0.25) is 0 Å². The number of benzene rings is 3. The van der Waals surface area contributed by atoms with E-state index in [1.807, 2.05) is 60.7 Å². The van der Waals surface area contributed by atoms with Gasteiger partial charge in [-0.2, -0.15) is 0 Å². The van der Waals surface area contributed by atoms with Gasteiger partial charge >= 0.3 is 0 Å². The average Bonchev–Trinajstić information content (AvgIpc) is 3.30. The molecule has 0 aliphatic carbocycles. The first kappa shape index (κ1) is 23.4. The summed E-state index contributed by atoms with van der Waals surface area (Å²) < 4.78 is 11.4. The predicted octanol–water partition coefficient (Wildman–Crippen LogP) is 5.01. The molecule has 36 heavy (non-hydrogen) atoms. The van der Waals surface area contributed by atoms with Gasteiger partial charge in [-0.15, -0.1) is 0 Å². The van der Waals surface area contributed by atoms with Crippen molar-refractivity contribution in [1.82, 2.24) is 14.8 Å². The monoisotopic (exact) mass is 481 g/mol. The number of oxazole rings is 1. The quantitative estimate of drug-likeness (QED) is 0.401. The van der Waals surface area contributed by atoms with Crippen molar-refractivity contribution < 1.29 is 18.7 Å². The van der Waals surface area contributed by atoms with Crippen LogP contribution in [0.3, 0.4) is 0 Å². The van der Waals surface area contributed by atoms with Gasteiger partial charge in [-0.25, -0.2) is 4.98 Å². The fourth-order valence-electron chi connectivity index (χ4n) is 4.48. The van der Waals surface area contributed by atoms with Gasteiger partial charge in [0.1, 0.15) is 5.75 Å². The second kappa shape index (κ2) is 10.5. The molecule has 3 aromatic carbocycles. The summed E-state index contributed by atoms with van der Waals surface area (Å²) in [5.74, 6) is 1.41. The number of aromatic nitrogens is 1. The Labute approximate surface area is 209 Å². The molecular formula is C29H27N3O4. The van der Waals surface area contributed by atoms with Crippen molar-refractivity contribution in [2.45, 2.75) is 6.42 Å². The molecule has 0 radical (unpaired) electrons. The minimum atomic E-state index is -0.100. The Kier molecular flexibility index (Phi) is 6.80. The molecule has 2 heterocycles. The first-order chi connectivity index (χ1) is 17.7. The van der Waals surface area contributed by atoms with E-state index < -0.39 is 0 Å². The molecule has 4 aromatic rings. The van der Waals surface area contributed by atoms with Crippen molar-refractivity contribution >= 4 is 11.8 Å². The molecule has 0 saturated carbocycles. The molecule has 1 aliphatic heterocycles. The van der Waals surface area contributed by atoms with Gasteiger partial charge in [0.25, 0.3) is 11.8 Å². The first-order valence-electron chi connectivity index (χ1n) is 12.0. The Balaban J connectivity index is 1.34. The lowest BCUT2D eigenvalue weighted by atomic mass is 10.1. The van der Waals surface area contributed by atoms with Crippen LogP contribution in [0.15, 0.2) is 89.5 Å². The molecule has 1 fully saturated rings. The second-order valence-corrected chi connectivity index (χ2v) is 8.58. The van der Waals surface area contributed by atoms with Crippen molar-refractivity contribution in [2.75, 3.05) is 33.3 Å². The molecule has 1 saturated heterocycles. The van der Waals surface area contributed by atoms with E-state index in [9.17, 15) is 9.59 Å². The van der Waals surface area contributed by atoms with Crippen LogP contribution in [0.4, 0.5) is 0 Å². The number of amides is 2. The lowest BCUT2D eigenvalue weighted by molar-refractivity contribution is 0.0717. The highest BCUT2D eigenvalue weighted by molar-refractivity contribution is 6.00. The highest BCUT2D eigenvalue weighted by Crippen LogP contribution is 2.29. The van der Waals surface area contributed by atoms with Gasteiger partial charge in [0.05, 0.1) is 24.4 Å².